The van der Waals surface area contributed by atoms with E-state index in [1.807, 2.05) is 26.2 Å². The molecule has 1 aliphatic carbocycles. The van der Waals surface area contributed by atoms with Gasteiger partial charge in [0.1, 0.15) is 0 Å². The van der Waals surface area contributed by atoms with E-state index in [0.29, 0.717) is 12.5 Å². The molecule has 0 spiro atoms. The molecule has 0 amide bonds. The first kappa shape index (κ1) is 12.4. The number of imidazole rings is 1. The first-order valence-corrected chi connectivity index (χ1v) is 6.62. The van der Waals surface area contributed by atoms with Crippen molar-refractivity contribution in [1.82, 2.24) is 9.13 Å². The normalized spacial score (nSPS) is 19.1. The van der Waals surface area contributed by atoms with Gasteiger partial charge in [-0.1, -0.05) is 12.8 Å². The lowest BCUT2D eigenvalue weighted by molar-refractivity contribution is 0.380. The van der Waals surface area contributed by atoms with Gasteiger partial charge in [0, 0.05) is 31.0 Å². The van der Waals surface area contributed by atoms with Gasteiger partial charge >= 0.3 is 5.69 Å². The standard InChI is InChI=1S/C13H23N3O/c1-10(2)16-8-7-15(13(16)17)9-12(14)11-5-3-4-6-11/h7-8,10-12H,3-6,9,14H2,1-2H3. The van der Waals surface area contributed by atoms with Gasteiger partial charge in [-0.25, -0.2) is 4.79 Å². The molecule has 1 atom stereocenters. The largest absolute Gasteiger partial charge is 0.328 e. The number of hydrogen-bond acceptors (Lipinski definition) is 2. The number of aromatic nitrogens is 2. The fraction of sp³-hybridized carbons (Fsp3) is 0.769. The van der Waals surface area contributed by atoms with Gasteiger partial charge in [0.2, 0.25) is 0 Å². The Balaban J connectivity index is 2.05. The van der Waals surface area contributed by atoms with Gasteiger partial charge in [0.25, 0.3) is 0 Å². The summed E-state index contributed by atoms with van der Waals surface area (Å²) in [6.45, 7) is 4.69. The first-order chi connectivity index (χ1) is 8.09. The molecule has 4 heteroatoms. The van der Waals surface area contributed by atoms with E-state index in [9.17, 15) is 4.79 Å². The molecular weight excluding hydrogens is 214 g/mol. The maximum Gasteiger partial charge on any atom is 0.328 e. The lowest BCUT2D eigenvalue weighted by Crippen LogP contribution is -2.37. The van der Waals surface area contributed by atoms with Crippen LogP contribution in [-0.2, 0) is 6.54 Å². The molecule has 2 N–H and O–H groups in total. The molecule has 96 valence electrons. The average molecular weight is 237 g/mol. The fourth-order valence-electron chi connectivity index (χ4n) is 2.72. The molecule has 0 bridgehead atoms. The van der Waals surface area contributed by atoms with Crippen LogP contribution in [-0.4, -0.2) is 15.2 Å². The maximum absolute atomic E-state index is 12.0. The Morgan fingerprint density at radius 1 is 1.35 bits per heavy atom. The van der Waals surface area contributed by atoms with Crippen molar-refractivity contribution in [3.8, 4) is 0 Å². The molecule has 2 rings (SSSR count). The molecule has 1 aliphatic rings. The van der Waals surface area contributed by atoms with E-state index in [1.165, 1.54) is 25.7 Å². The summed E-state index contributed by atoms with van der Waals surface area (Å²) in [5, 5.41) is 0. The van der Waals surface area contributed by atoms with Crippen LogP contribution in [0.15, 0.2) is 17.2 Å². The summed E-state index contributed by atoms with van der Waals surface area (Å²) in [6, 6.07) is 0.338. The van der Waals surface area contributed by atoms with E-state index in [1.54, 1.807) is 9.13 Å². The number of nitrogens with zero attached hydrogens (tertiary/aromatic N) is 2. The number of hydrogen-bond donors (Lipinski definition) is 1. The lowest BCUT2D eigenvalue weighted by Gasteiger charge is -2.18. The summed E-state index contributed by atoms with van der Waals surface area (Å²) >= 11 is 0. The zero-order chi connectivity index (χ0) is 12.4. The van der Waals surface area contributed by atoms with Gasteiger partial charge in [-0.2, -0.15) is 0 Å². The second-order valence-corrected chi connectivity index (χ2v) is 5.44. The second kappa shape index (κ2) is 5.08. The van der Waals surface area contributed by atoms with Gasteiger partial charge in [0.15, 0.2) is 0 Å². The molecule has 1 unspecified atom stereocenters. The molecule has 1 aromatic heterocycles. The van der Waals surface area contributed by atoms with Crippen LogP contribution in [0.25, 0.3) is 0 Å². The minimum Gasteiger partial charge on any atom is -0.326 e. The van der Waals surface area contributed by atoms with Crippen LogP contribution in [0.5, 0.6) is 0 Å². The van der Waals surface area contributed by atoms with Crippen LogP contribution in [0.1, 0.15) is 45.6 Å². The molecule has 17 heavy (non-hydrogen) atoms. The van der Waals surface area contributed by atoms with Crippen LogP contribution in [0.3, 0.4) is 0 Å². The molecular formula is C13H23N3O. The van der Waals surface area contributed by atoms with Gasteiger partial charge < -0.3 is 5.73 Å². The smallest absolute Gasteiger partial charge is 0.326 e. The van der Waals surface area contributed by atoms with Crippen molar-refractivity contribution < 1.29 is 0 Å². The monoisotopic (exact) mass is 237 g/mol. The summed E-state index contributed by atoms with van der Waals surface area (Å²) < 4.78 is 3.50. The summed E-state index contributed by atoms with van der Waals surface area (Å²) in [5.74, 6) is 0.601. The molecule has 1 heterocycles. The van der Waals surface area contributed by atoms with E-state index >= 15 is 0 Å². The number of rotatable bonds is 4. The molecule has 0 radical (unpaired) electrons. The van der Waals surface area contributed by atoms with Crippen LogP contribution in [0.2, 0.25) is 0 Å². The van der Waals surface area contributed by atoms with Gasteiger partial charge in [-0.15, -0.1) is 0 Å². The third-order valence-corrected chi connectivity index (χ3v) is 3.84. The Kier molecular flexibility index (Phi) is 3.72. The fourth-order valence-corrected chi connectivity index (χ4v) is 2.72. The van der Waals surface area contributed by atoms with E-state index in [-0.39, 0.29) is 17.8 Å². The minimum absolute atomic E-state index is 0.0634. The third-order valence-electron chi connectivity index (χ3n) is 3.84. The van der Waals surface area contributed by atoms with Gasteiger partial charge in [-0.3, -0.25) is 9.13 Å². The Morgan fingerprint density at radius 3 is 2.53 bits per heavy atom. The maximum atomic E-state index is 12.0. The SMILES string of the molecule is CC(C)n1ccn(CC(N)C2CCCC2)c1=O. The van der Waals surface area contributed by atoms with Crippen LogP contribution >= 0.6 is 0 Å². The molecule has 4 nitrogen and oxygen atoms in total. The Labute approximate surface area is 102 Å². The molecule has 0 saturated heterocycles. The Hall–Kier alpha value is -1.03. The third kappa shape index (κ3) is 2.63. The van der Waals surface area contributed by atoms with Crippen molar-refractivity contribution in [2.24, 2.45) is 11.7 Å². The summed E-state index contributed by atoms with van der Waals surface area (Å²) in [7, 11) is 0. The predicted octanol–water partition coefficient (Wildman–Crippen LogP) is 1.75. The van der Waals surface area contributed by atoms with Crippen LogP contribution in [0.4, 0.5) is 0 Å². The molecule has 0 aliphatic heterocycles. The predicted molar refractivity (Wildman–Crippen MR) is 69.0 cm³/mol. The highest BCUT2D eigenvalue weighted by Gasteiger charge is 2.22. The number of nitrogens with two attached hydrogens (primary N) is 1. The van der Waals surface area contributed by atoms with Crippen LogP contribution in [0, 0.1) is 5.92 Å². The average Bonchev–Trinajstić information content (AvgIpc) is 2.89. The highest BCUT2D eigenvalue weighted by atomic mass is 16.1. The molecule has 1 saturated carbocycles. The van der Waals surface area contributed by atoms with E-state index in [4.69, 9.17) is 5.73 Å². The zero-order valence-electron chi connectivity index (χ0n) is 10.8. The second-order valence-electron chi connectivity index (χ2n) is 5.44. The minimum atomic E-state index is 0.0634. The topological polar surface area (TPSA) is 52.9 Å². The molecule has 1 aromatic rings. The van der Waals surface area contributed by atoms with Crippen molar-refractivity contribution in [3.05, 3.63) is 22.9 Å². The van der Waals surface area contributed by atoms with Crippen molar-refractivity contribution in [2.45, 2.75) is 58.2 Å². The zero-order valence-corrected chi connectivity index (χ0v) is 10.8. The Morgan fingerprint density at radius 2 is 2.00 bits per heavy atom. The first-order valence-electron chi connectivity index (χ1n) is 6.62. The van der Waals surface area contributed by atoms with E-state index in [0.717, 1.165) is 0 Å². The quantitative estimate of drug-likeness (QED) is 0.867. The van der Waals surface area contributed by atoms with Crippen molar-refractivity contribution in [2.75, 3.05) is 0 Å². The Bertz CT molecular complexity index is 413. The summed E-state index contributed by atoms with van der Waals surface area (Å²) in [6.07, 6.45) is 8.74. The van der Waals surface area contributed by atoms with Crippen molar-refractivity contribution in [1.29, 1.82) is 0 Å². The summed E-state index contributed by atoms with van der Waals surface area (Å²) in [5.41, 5.74) is 6.26. The van der Waals surface area contributed by atoms with Crippen molar-refractivity contribution in [3.63, 3.8) is 0 Å². The molecule has 0 aromatic carbocycles. The highest BCUT2D eigenvalue weighted by Crippen LogP contribution is 2.27. The summed E-state index contributed by atoms with van der Waals surface area (Å²) in [4.78, 5) is 12.0. The van der Waals surface area contributed by atoms with E-state index < -0.39 is 0 Å². The lowest BCUT2D eigenvalue weighted by atomic mass is 9.99. The molecule has 1 fully saturated rings. The van der Waals surface area contributed by atoms with E-state index in [2.05, 4.69) is 0 Å². The van der Waals surface area contributed by atoms with Crippen molar-refractivity contribution >= 4 is 0 Å². The highest BCUT2D eigenvalue weighted by molar-refractivity contribution is 4.87. The van der Waals surface area contributed by atoms with Crippen LogP contribution < -0.4 is 11.4 Å². The van der Waals surface area contributed by atoms with Gasteiger partial charge in [-0.05, 0) is 32.6 Å². The van der Waals surface area contributed by atoms with Gasteiger partial charge in [0.05, 0.1) is 0 Å².